The zero-order chi connectivity index (χ0) is 14.8. The van der Waals surface area contributed by atoms with Crippen LogP contribution < -0.4 is 10.9 Å². The van der Waals surface area contributed by atoms with Crippen molar-refractivity contribution >= 4 is 11.3 Å². The van der Waals surface area contributed by atoms with Crippen LogP contribution in [0.4, 0.5) is 10.1 Å². The van der Waals surface area contributed by atoms with Crippen molar-refractivity contribution in [2.24, 2.45) is 0 Å². The van der Waals surface area contributed by atoms with Gasteiger partial charge in [0.1, 0.15) is 11.5 Å². The highest BCUT2D eigenvalue weighted by Crippen LogP contribution is 2.10. The minimum atomic E-state index is -0.280. The van der Waals surface area contributed by atoms with E-state index in [2.05, 4.69) is 10.3 Å². The SMILES string of the molecule is Cc1cccc2nc(CNc3ccc(F)cc3)cc(=O)n12. The van der Waals surface area contributed by atoms with Crippen LogP contribution in [0.3, 0.4) is 0 Å². The predicted molar refractivity (Wildman–Crippen MR) is 79.9 cm³/mol. The third-order valence-corrected chi connectivity index (χ3v) is 3.25. The molecule has 0 amide bonds. The third-order valence-electron chi connectivity index (χ3n) is 3.25. The highest BCUT2D eigenvalue weighted by atomic mass is 19.1. The van der Waals surface area contributed by atoms with Crippen molar-refractivity contribution in [1.82, 2.24) is 9.38 Å². The van der Waals surface area contributed by atoms with Gasteiger partial charge in [-0.2, -0.15) is 0 Å². The second-order valence-electron chi connectivity index (χ2n) is 4.81. The summed E-state index contributed by atoms with van der Waals surface area (Å²) in [6.45, 7) is 2.28. The highest BCUT2D eigenvalue weighted by molar-refractivity contribution is 5.44. The van der Waals surface area contributed by atoms with E-state index in [4.69, 9.17) is 0 Å². The van der Waals surface area contributed by atoms with Crippen molar-refractivity contribution in [3.63, 3.8) is 0 Å². The molecule has 21 heavy (non-hydrogen) atoms. The Morgan fingerprint density at radius 1 is 1.19 bits per heavy atom. The summed E-state index contributed by atoms with van der Waals surface area (Å²) in [6.07, 6.45) is 0. The summed E-state index contributed by atoms with van der Waals surface area (Å²) in [7, 11) is 0. The molecular formula is C16H14FN3O. The fourth-order valence-corrected chi connectivity index (χ4v) is 2.21. The van der Waals surface area contributed by atoms with E-state index in [1.165, 1.54) is 18.2 Å². The van der Waals surface area contributed by atoms with E-state index in [-0.39, 0.29) is 11.4 Å². The molecule has 3 aromatic rings. The number of fused-ring (bicyclic) bond motifs is 1. The van der Waals surface area contributed by atoms with Crippen LogP contribution in [0.2, 0.25) is 0 Å². The molecule has 0 atom stereocenters. The Hall–Kier alpha value is -2.69. The lowest BCUT2D eigenvalue weighted by molar-refractivity contribution is 0.628. The third kappa shape index (κ3) is 2.76. The van der Waals surface area contributed by atoms with Gasteiger partial charge in [0.2, 0.25) is 0 Å². The minimum Gasteiger partial charge on any atom is -0.379 e. The molecular weight excluding hydrogens is 269 g/mol. The summed E-state index contributed by atoms with van der Waals surface area (Å²) in [4.78, 5) is 16.6. The van der Waals surface area contributed by atoms with Crippen molar-refractivity contribution in [3.05, 3.63) is 76.1 Å². The highest BCUT2D eigenvalue weighted by Gasteiger charge is 2.04. The first-order valence-corrected chi connectivity index (χ1v) is 6.61. The zero-order valence-electron chi connectivity index (χ0n) is 11.5. The Kier molecular flexibility index (Phi) is 3.39. The van der Waals surface area contributed by atoms with Gasteiger partial charge < -0.3 is 5.32 Å². The normalized spacial score (nSPS) is 10.8. The number of rotatable bonds is 3. The number of hydrogen-bond donors (Lipinski definition) is 1. The standard InChI is InChI=1S/C16H14FN3O/c1-11-3-2-4-15-19-14(9-16(21)20(11)15)10-18-13-7-5-12(17)6-8-13/h2-9,18H,10H2,1H3. The average molecular weight is 283 g/mol. The van der Waals surface area contributed by atoms with E-state index >= 15 is 0 Å². The summed E-state index contributed by atoms with van der Waals surface area (Å²) in [6, 6.07) is 13.1. The first-order chi connectivity index (χ1) is 10.1. The van der Waals surface area contributed by atoms with E-state index in [9.17, 15) is 9.18 Å². The van der Waals surface area contributed by atoms with E-state index < -0.39 is 0 Å². The molecule has 1 aromatic carbocycles. The maximum atomic E-state index is 12.8. The second-order valence-corrected chi connectivity index (χ2v) is 4.81. The van der Waals surface area contributed by atoms with Crippen LogP contribution in [0.25, 0.3) is 5.65 Å². The summed E-state index contributed by atoms with van der Waals surface area (Å²) in [5.74, 6) is -0.280. The quantitative estimate of drug-likeness (QED) is 0.804. The Morgan fingerprint density at radius 3 is 2.71 bits per heavy atom. The van der Waals surface area contributed by atoms with Gasteiger partial charge >= 0.3 is 0 Å². The lowest BCUT2D eigenvalue weighted by atomic mass is 10.3. The van der Waals surface area contributed by atoms with Crippen molar-refractivity contribution in [3.8, 4) is 0 Å². The van der Waals surface area contributed by atoms with Crippen LogP contribution in [0.15, 0.2) is 53.3 Å². The number of hydrogen-bond acceptors (Lipinski definition) is 3. The van der Waals surface area contributed by atoms with E-state index in [0.717, 1.165) is 11.4 Å². The molecule has 0 fully saturated rings. The van der Waals surface area contributed by atoms with Gasteiger partial charge in [-0.25, -0.2) is 9.37 Å². The van der Waals surface area contributed by atoms with Gasteiger partial charge in [-0.05, 0) is 43.3 Å². The van der Waals surface area contributed by atoms with Crippen LogP contribution in [0, 0.1) is 12.7 Å². The molecule has 5 heteroatoms. The summed E-state index contributed by atoms with van der Waals surface area (Å²) < 4.78 is 14.4. The minimum absolute atomic E-state index is 0.103. The Morgan fingerprint density at radius 2 is 1.95 bits per heavy atom. The molecule has 0 saturated heterocycles. The van der Waals surface area contributed by atoms with Crippen molar-refractivity contribution in [2.45, 2.75) is 13.5 Å². The second kappa shape index (κ2) is 5.36. The van der Waals surface area contributed by atoms with Crippen LogP contribution in [0.1, 0.15) is 11.4 Å². The van der Waals surface area contributed by atoms with Crippen molar-refractivity contribution in [1.29, 1.82) is 0 Å². The Labute approximate surface area is 120 Å². The van der Waals surface area contributed by atoms with Gasteiger partial charge in [0.05, 0.1) is 12.2 Å². The molecule has 0 aliphatic rings. The predicted octanol–water partition coefficient (Wildman–Crippen LogP) is 2.75. The fraction of sp³-hybridized carbons (Fsp3) is 0.125. The molecule has 4 nitrogen and oxygen atoms in total. The summed E-state index contributed by atoms with van der Waals surface area (Å²) >= 11 is 0. The topological polar surface area (TPSA) is 46.4 Å². The van der Waals surface area contributed by atoms with Gasteiger partial charge in [-0.15, -0.1) is 0 Å². The smallest absolute Gasteiger partial charge is 0.258 e. The monoisotopic (exact) mass is 283 g/mol. The van der Waals surface area contributed by atoms with Crippen LogP contribution in [0.5, 0.6) is 0 Å². The molecule has 0 bridgehead atoms. The lowest BCUT2D eigenvalue weighted by Gasteiger charge is -2.08. The van der Waals surface area contributed by atoms with Crippen LogP contribution in [-0.2, 0) is 6.54 Å². The molecule has 3 rings (SSSR count). The van der Waals surface area contributed by atoms with E-state index in [0.29, 0.717) is 17.9 Å². The molecule has 2 heterocycles. The number of halogens is 1. The van der Waals surface area contributed by atoms with Crippen LogP contribution in [-0.4, -0.2) is 9.38 Å². The average Bonchev–Trinajstić information content (AvgIpc) is 2.46. The molecule has 0 saturated carbocycles. The molecule has 2 aromatic heterocycles. The summed E-state index contributed by atoms with van der Waals surface area (Å²) in [5, 5.41) is 3.12. The number of pyridine rings is 1. The summed E-state index contributed by atoms with van der Waals surface area (Å²) in [5.41, 5.74) is 2.80. The van der Waals surface area contributed by atoms with Gasteiger partial charge in [0.15, 0.2) is 0 Å². The Balaban J connectivity index is 1.88. The zero-order valence-corrected chi connectivity index (χ0v) is 11.5. The molecule has 0 aliphatic carbocycles. The number of aromatic nitrogens is 2. The molecule has 0 spiro atoms. The molecule has 1 N–H and O–H groups in total. The largest absolute Gasteiger partial charge is 0.379 e. The molecule has 0 radical (unpaired) electrons. The maximum absolute atomic E-state index is 12.8. The number of nitrogens with one attached hydrogen (secondary N) is 1. The van der Waals surface area contributed by atoms with E-state index in [1.807, 2.05) is 19.1 Å². The van der Waals surface area contributed by atoms with Gasteiger partial charge in [-0.1, -0.05) is 6.07 Å². The first kappa shape index (κ1) is 13.3. The lowest BCUT2D eigenvalue weighted by Crippen LogP contribution is -2.18. The number of anilines is 1. The molecule has 0 unspecified atom stereocenters. The Bertz CT molecular complexity index is 840. The fourth-order valence-electron chi connectivity index (χ4n) is 2.21. The number of nitrogens with zero attached hydrogens (tertiary/aromatic N) is 2. The van der Waals surface area contributed by atoms with Crippen molar-refractivity contribution < 1.29 is 4.39 Å². The van der Waals surface area contributed by atoms with Crippen LogP contribution >= 0.6 is 0 Å². The number of benzene rings is 1. The number of aryl methyl sites for hydroxylation is 1. The molecule has 106 valence electrons. The van der Waals surface area contributed by atoms with Crippen molar-refractivity contribution in [2.75, 3.05) is 5.32 Å². The first-order valence-electron chi connectivity index (χ1n) is 6.61. The van der Waals surface area contributed by atoms with Gasteiger partial charge in [-0.3, -0.25) is 9.20 Å². The molecule has 0 aliphatic heterocycles. The maximum Gasteiger partial charge on any atom is 0.258 e. The van der Waals surface area contributed by atoms with E-state index in [1.54, 1.807) is 22.6 Å². The van der Waals surface area contributed by atoms with Gasteiger partial charge in [0.25, 0.3) is 5.56 Å². The van der Waals surface area contributed by atoms with Gasteiger partial charge in [0, 0.05) is 17.4 Å².